The second-order valence-electron chi connectivity index (χ2n) is 6.13. The first-order valence-corrected chi connectivity index (χ1v) is 10.4. The van der Waals surface area contributed by atoms with Gasteiger partial charge >= 0.3 is 0 Å². The molecule has 2 rings (SSSR count). The van der Waals surface area contributed by atoms with E-state index in [2.05, 4.69) is 10.6 Å². The molecule has 150 valence electrons. The average Bonchev–Trinajstić information content (AvgIpc) is 2.66. The van der Waals surface area contributed by atoms with Crippen molar-refractivity contribution < 1.29 is 22.4 Å². The van der Waals surface area contributed by atoms with Crippen LogP contribution in [-0.4, -0.2) is 38.6 Å². The van der Waals surface area contributed by atoms with E-state index < -0.39 is 26.8 Å². The number of hydrogen-bond acceptors (Lipinski definition) is 4. The Morgan fingerprint density at radius 3 is 2.18 bits per heavy atom. The summed E-state index contributed by atoms with van der Waals surface area (Å²) in [5.74, 6) is -1.30. The topological polar surface area (TPSA) is 92.3 Å². The van der Waals surface area contributed by atoms with Crippen LogP contribution >= 0.6 is 11.6 Å². The highest BCUT2D eigenvalue weighted by molar-refractivity contribution is 7.92. The predicted molar refractivity (Wildman–Crippen MR) is 104 cm³/mol. The summed E-state index contributed by atoms with van der Waals surface area (Å²) >= 11 is 5.76. The first-order valence-electron chi connectivity index (χ1n) is 8.50. The lowest BCUT2D eigenvalue weighted by Crippen LogP contribution is -2.36. The molecule has 0 aliphatic carbocycles. The van der Waals surface area contributed by atoms with Crippen molar-refractivity contribution in [3.05, 3.63) is 64.9 Å². The quantitative estimate of drug-likeness (QED) is 0.501. The van der Waals surface area contributed by atoms with Crippen LogP contribution < -0.4 is 10.6 Å². The Morgan fingerprint density at radius 2 is 1.57 bits per heavy atom. The van der Waals surface area contributed by atoms with Gasteiger partial charge in [-0.1, -0.05) is 11.6 Å². The zero-order chi connectivity index (χ0) is 20.7. The molecule has 2 N–H and O–H groups in total. The van der Waals surface area contributed by atoms with Crippen LogP contribution in [0, 0.1) is 5.82 Å². The molecular weight excluding hydrogens is 407 g/mol. The normalized spacial score (nSPS) is 12.2. The molecular formula is C19H20ClFN2O4S. The largest absolute Gasteiger partial charge is 0.354 e. The molecule has 0 spiro atoms. The fraction of sp³-hybridized carbons (Fsp3) is 0.263. The molecule has 0 saturated carbocycles. The van der Waals surface area contributed by atoms with Crippen molar-refractivity contribution in [2.45, 2.75) is 23.5 Å². The summed E-state index contributed by atoms with van der Waals surface area (Å²) in [4.78, 5) is 23.9. The maximum absolute atomic E-state index is 12.9. The van der Waals surface area contributed by atoms with Crippen LogP contribution in [-0.2, 0) is 14.6 Å². The number of sulfone groups is 1. The maximum Gasteiger partial charge on any atom is 0.251 e. The van der Waals surface area contributed by atoms with Crippen LogP contribution in [0.25, 0.3) is 0 Å². The lowest BCUT2D eigenvalue weighted by molar-refractivity contribution is -0.121. The van der Waals surface area contributed by atoms with Crippen LogP contribution in [0.1, 0.15) is 23.7 Å². The van der Waals surface area contributed by atoms with Gasteiger partial charge in [0.15, 0.2) is 9.84 Å². The Balaban J connectivity index is 1.78. The number of halogens is 2. The van der Waals surface area contributed by atoms with Gasteiger partial charge in [0, 0.05) is 30.1 Å². The highest BCUT2D eigenvalue weighted by atomic mass is 35.5. The zero-order valence-corrected chi connectivity index (χ0v) is 16.7. The summed E-state index contributed by atoms with van der Waals surface area (Å²) in [7, 11) is -3.74. The van der Waals surface area contributed by atoms with Gasteiger partial charge in [-0.3, -0.25) is 9.59 Å². The number of nitrogens with one attached hydrogen (secondary N) is 2. The molecule has 9 heteroatoms. The van der Waals surface area contributed by atoms with Crippen LogP contribution in [0.4, 0.5) is 4.39 Å². The summed E-state index contributed by atoms with van der Waals surface area (Å²) in [6, 6.07) is 10.8. The number of carbonyl (C=O) groups is 2. The monoisotopic (exact) mass is 426 g/mol. The van der Waals surface area contributed by atoms with E-state index in [0.29, 0.717) is 10.6 Å². The Bertz CT molecular complexity index is 931. The summed E-state index contributed by atoms with van der Waals surface area (Å²) in [5, 5.41) is 4.75. The van der Waals surface area contributed by atoms with E-state index in [9.17, 15) is 22.4 Å². The van der Waals surface area contributed by atoms with Crippen molar-refractivity contribution in [2.24, 2.45) is 0 Å². The van der Waals surface area contributed by atoms with E-state index in [4.69, 9.17) is 11.6 Å². The maximum atomic E-state index is 12.9. The smallest absolute Gasteiger partial charge is 0.251 e. The van der Waals surface area contributed by atoms with Gasteiger partial charge in [0.1, 0.15) is 5.82 Å². The minimum Gasteiger partial charge on any atom is -0.354 e. The van der Waals surface area contributed by atoms with Crippen molar-refractivity contribution in [1.82, 2.24) is 10.6 Å². The Labute approximate surface area is 168 Å². The standard InChI is InChI=1S/C19H20ClFN2O4S/c1-13(28(26,27)17-8-6-16(21)7-9-17)12-18(24)22-10-11-23-19(25)14-2-4-15(20)5-3-14/h2-9,13H,10-12H2,1H3,(H,22,24)(H,23,25). The molecule has 2 amide bonds. The van der Waals surface area contributed by atoms with Crippen molar-refractivity contribution in [3.63, 3.8) is 0 Å². The van der Waals surface area contributed by atoms with E-state index >= 15 is 0 Å². The predicted octanol–water partition coefficient (Wildman–Crippen LogP) is 2.58. The lowest BCUT2D eigenvalue weighted by Gasteiger charge is -2.13. The van der Waals surface area contributed by atoms with Crippen molar-refractivity contribution in [2.75, 3.05) is 13.1 Å². The van der Waals surface area contributed by atoms with E-state index in [-0.39, 0.29) is 30.3 Å². The molecule has 0 fully saturated rings. The molecule has 0 aliphatic rings. The molecule has 1 unspecified atom stereocenters. The zero-order valence-electron chi connectivity index (χ0n) is 15.1. The third-order valence-corrected chi connectivity index (χ3v) is 6.39. The van der Waals surface area contributed by atoms with E-state index in [1.807, 2.05) is 0 Å². The van der Waals surface area contributed by atoms with Crippen LogP contribution in [0.3, 0.4) is 0 Å². The number of amides is 2. The average molecular weight is 427 g/mol. The number of carbonyl (C=O) groups excluding carboxylic acids is 2. The molecule has 0 radical (unpaired) electrons. The van der Waals surface area contributed by atoms with Crippen LogP contribution in [0.15, 0.2) is 53.4 Å². The van der Waals surface area contributed by atoms with Crippen LogP contribution in [0.2, 0.25) is 5.02 Å². The fourth-order valence-corrected chi connectivity index (χ4v) is 3.86. The lowest BCUT2D eigenvalue weighted by atomic mass is 10.2. The van der Waals surface area contributed by atoms with E-state index in [1.54, 1.807) is 24.3 Å². The van der Waals surface area contributed by atoms with Gasteiger partial charge < -0.3 is 10.6 Å². The minimum absolute atomic E-state index is 0.0376. The summed E-state index contributed by atoms with van der Waals surface area (Å²) in [6.07, 6.45) is -0.245. The van der Waals surface area contributed by atoms with Gasteiger partial charge in [-0.25, -0.2) is 12.8 Å². The van der Waals surface area contributed by atoms with Gasteiger partial charge in [-0.05, 0) is 55.5 Å². The van der Waals surface area contributed by atoms with Crippen molar-refractivity contribution >= 4 is 33.3 Å². The molecule has 2 aromatic carbocycles. The summed E-state index contributed by atoms with van der Waals surface area (Å²) in [6.45, 7) is 1.76. The molecule has 0 aliphatic heterocycles. The summed E-state index contributed by atoms with van der Waals surface area (Å²) in [5.41, 5.74) is 0.440. The molecule has 0 aromatic heterocycles. The van der Waals surface area contributed by atoms with Gasteiger partial charge in [-0.15, -0.1) is 0 Å². The number of hydrogen-bond donors (Lipinski definition) is 2. The summed E-state index contributed by atoms with van der Waals surface area (Å²) < 4.78 is 37.8. The molecule has 28 heavy (non-hydrogen) atoms. The number of benzene rings is 2. The Hall–Kier alpha value is -2.45. The SMILES string of the molecule is CC(CC(=O)NCCNC(=O)c1ccc(Cl)cc1)S(=O)(=O)c1ccc(F)cc1. The third-order valence-electron chi connectivity index (χ3n) is 3.98. The highest BCUT2D eigenvalue weighted by Crippen LogP contribution is 2.18. The highest BCUT2D eigenvalue weighted by Gasteiger charge is 2.25. The van der Waals surface area contributed by atoms with E-state index in [0.717, 1.165) is 12.1 Å². The molecule has 1 atom stereocenters. The molecule has 6 nitrogen and oxygen atoms in total. The first-order chi connectivity index (χ1) is 13.2. The second kappa shape index (κ2) is 9.66. The molecule has 0 saturated heterocycles. The van der Waals surface area contributed by atoms with Crippen LogP contribution in [0.5, 0.6) is 0 Å². The van der Waals surface area contributed by atoms with Crippen molar-refractivity contribution in [1.29, 1.82) is 0 Å². The van der Waals surface area contributed by atoms with Gasteiger partial charge in [0.25, 0.3) is 5.91 Å². The minimum atomic E-state index is -3.74. The van der Waals surface area contributed by atoms with Gasteiger partial charge in [-0.2, -0.15) is 0 Å². The Morgan fingerprint density at radius 1 is 1.00 bits per heavy atom. The van der Waals surface area contributed by atoms with Crippen molar-refractivity contribution in [3.8, 4) is 0 Å². The van der Waals surface area contributed by atoms with Gasteiger partial charge in [0.05, 0.1) is 10.1 Å². The number of rotatable bonds is 8. The fourth-order valence-electron chi connectivity index (χ4n) is 2.38. The second-order valence-corrected chi connectivity index (χ2v) is 8.93. The third kappa shape index (κ3) is 6.03. The van der Waals surface area contributed by atoms with E-state index in [1.165, 1.54) is 19.1 Å². The molecule has 0 bridgehead atoms. The Kier molecular flexibility index (Phi) is 7.53. The first kappa shape index (κ1) is 21.8. The molecule has 2 aromatic rings. The van der Waals surface area contributed by atoms with Gasteiger partial charge in [0.2, 0.25) is 5.91 Å². The molecule has 0 heterocycles.